The van der Waals surface area contributed by atoms with Crippen LogP contribution in [0.2, 0.25) is 0 Å². The van der Waals surface area contributed by atoms with Crippen LogP contribution in [0.4, 0.5) is 16.2 Å². The van der Waals surface area contributed by atoms with Crippen molar-refractivity contribution in [1.29, 1.82) is 0 Å². The van der Waals surface area contributed by atoms with E-state index >= 15 is 0 Å². The molecule has 0 spiro atoms. The van der Waals surface area contributed by atoms with E-state index < -0.39 is 5.60 Å². The number of carbonyl (C=O) groups excluding carboxylic acids is 1. The maximum absolute atomic E-state index is 12.3. The molecule has 2 heterocycles. The van der Waals surface area contributed by atoms with Crippen LogP contribution in [0.15, 0.2) is 64.6 Å². The molecule has 1 N–H and O–H groups in total. The van der Waals surface area contributed by atoms with Gasteiger partial charge in [0.05, 0.1) is 23.8 Å². The molecule has 9 heteroatoms. The molecule has 0 radical (unpaired) electrons. The highest BCUT2D eigenvalue weighted by Gasteiger charge is 2.26. The third-order valence-corrected chi connectivity index (χ3v) is 6.12. The van der Waals surface area contributed by atoms with Gasteiger partial charge in [-0.1, -0.05) is 6.07 Å². The number of hydrogen-bond donors (Lipinski definition) is 1. The van der Waals surface area contributed by atoms with Gasteiger partial charge in [-0.25, -0.2) is 9.78 Å². The van der Waals surface area contributed by atoms with Crippen molar-refractivity contribution in [1.82, 2.24) is 9.88 Å². The second-order valence-corrected chi connectivity index (χ2v) is 10.1. The molecular weight excluding hydrogens is 545 g/mol. The van der Waals surface area contributed by atoms with Crippen molar-refractivity contribution in [2.75, 3.05) is 36.5 Å². The Labute approximate surface area is 213 Å². The number of benzene rings is 2. The third kappa shape index (κ3) is 6.28. The second kappa shape index (κ2) is 10.5. The summed E-state index contributed by atoms with van der Waals surface area (Å²) in [6.45, 7) is 8.50. The van der Waals surface area contributed by atoms with Crippen LogP contribution in [0.3, 0.4) is 0 Å². The van der Waals surface area contributed by atoms with E-state index in [0.717, 1.165) is 44.9 Å². The normalized spacial score (nSPS) is 14.5. The first-order chi connectivity index (χ1) is 16.3. The Bertz CT molecular complexity index is 1130. The van der Waals surface area contributed by atoms with Crippen molar-refractivity contribution in [2.24, 2.45) is 5.10 Å². The summed E-state index contributed by atoms with van der Waals surface area (Å²) in [5, 5.41) is 4.36. The number of hydrazone groups is 1. The fraction of sp³-hybridized carbons (Fsp3) is 0.320. The summed E-state index contributed by atoms with van der Waals surface area (Å²) >= 11 is 2.35. The summed E-state index contributed by atoms with van der Waals surface area (Å²) in [5.74, 6) is 0.732. The number of oxazole rings is 1. The molecule has 0 saturated carbocycles. The van der Waals surface area contributed by atoms with Gasteiger partial charge in [0.2, 0.25) is 0 Å². The van der Waals surface area contributed by atoms with Gasteiger partial charge in [-0.05, 0) is 85.3 Å². The molecule has 1 amide bonds. The monoisotopic (exact) mass is 573 g/mol. The molecule has 4 rings (SSSR count). The van der Waals surface area contributed by atoms with Crippen LogP contribution in [0.25, 0.3) is 11.3 Å². The number of anilines is 2. The second-order valence-electron chi connectivity index (χ2n) is 8.98. The van der Waals surface area contributed by atoms with Gasteiger partial charge in [0.15, 0.2) is 12.2 Å². The number of amides is 1. The van der Waals surface area contributed by atoms with Gasteiger partial charge >= 0.3 is 6.09 Å². The van der Waals surface area contributed by atoms with E-state index in [2.05, 4.69) is 61.2 Å². The molecule has 1 aromatic heterocycles. The van der Waals surface area contributed by atoms with Crippen LogP contribution in [0.5, 0.6) is 0 Å². The molecular formula is C25H28IN5O3. The summed E-state index contributed by atoms with van der Waals surface area (Å²) in [5.41, 5.74) is 6.60. The van der Waals surface area contributed by atoms with Crippen molar-refractivity contribution in [3.63, 3.8) is 0 Å². The lowest BCUT2D eigenvalue weighted by molar-refractivity contribution is 0.0240. The Morgan fingerprint density at radius 3 is 2.50 bits per heavy atom. The predicted molar refractivity (Wildman–Crippen MR) is 142 cm³/mol. The molecule has 1 saturated heterocycles. The zero-order chi connectivity index (χ0) is 24.1. The van der Waals surface area contributed by atoms with Crippen molar-refractivity contribution in [2.45, 2.75) is 26.4 Å². The third-order valence-electron chi connectivity index (χ3n) is 5.25. The highest BCUT2D eigenvalue weighted by atomic mass is 127. The summed E-state index contributed by atoms with van der Waals surface area (Å²) in [4.78, 5) is 20.3. The number of hydrogen-bond acceptors (Lipinski definition) is 7. The summed E-state index contributed by atoms with van der Waals surface area (Å²) in [6.07, 6.45) is 4.67. The molecule has 1 aliphatic rings. The lowest BCUT2D eigenvalue weighted by Gasteiger charge is -2.37. The fourth-order valence-electron chi connectivity index (χ4n) is 3.57. The van der Waals surface area contributed by atoms with Crippen LogP contribution in [0, 0.1) is 3.57 Å². The fourth-order valence-corrected chi connectivity index (χ4v) is 4.45. The summed E-state index contributed by atoms with van der Waals surface area (Å²) in [7, 11) is 0. The Balaban J connectivity index is 1.31. The Morgan fingerprint density at radius 1 is 1.15 bits per heavy atom. The largest absolute Gasteiger partial charge is 0.444 e. The van der Waals surface area contributed by atoms with Crippen LogP contribution in [-0.2, 0) is 4.74 Å². The van der Waals surface area contributed by atoms with E-state index in [1.54, 1.807) is 17.3 Å². The van der Waals surface area contributed by atoms with E-state index in [4.69, 9.17) is 9.15 Å². The van der Waals surface area contributed by atoms with Crippen LogP contribution in [-0.4, -0.2) is 54.0 Å². The predicted octanol–water partition coefficient (Wildman–Crippen LogP) is 5.45. The first kappa shape index (κ1) is 24.1. The number of nitrogens with one attached hydrogen (secondary N) is 1. The maximum Gasteiger partial charge on any atom is 0.410 e. The van der Waals surface area contributed by atoms with Gasteiger partial charge < -0.3 is 19.0 Å². The number of rotatable bonds is 5. The van der Waals surface area contributed by atoms with Crippen molar-refractivity contribution >= 4 is 46.3 Å². The van der Waals surface area contributed by atoms with E-state index in [0.29, 0.717) is 13.1 Å². The smallest absolute Gasteiger partial charge is 0.410 e. The maximum atomic E-state index is 12.3. The minimum atomic E-state index is -0.475. The number of carbonyl (C=O) groups is 1. The Morgan fingerprint density at radius 2 is 1.88 bits per heavy atom. The molecule has 8 nitrogen and oxygen atoms in total. The van der Waals surface area contributed by atoms with E-state index in [9.17, 15) is 4.79 Å². The number of piperazine rings is 1. The van der Waals surface area contributed by atoms with E-state index in [-0.39, 0.29) is 6.09 Å². The molecule has 178 valence electrons. The zero-order valence-electron chi connectivity index (χ0n) is 19.5. The van der Waals surface area contributed by atoms with Crippen LogP contribution in [0.1, 0.15) is 26.3 Å². The first-order valence-electron chi connectivity index (χ1n) is 11.1. The summed E-state index contributed by atoms with van der Waals surface area (Å²) in [6, 6.07) is 14.1. The average Bonchev–Trinajstić information content (AvgIpc) is 3.34. The molecule has 2 aromatic carbocycles. The highest BCUT2D eigenvalue weighted by molar-refractivity contribution is 14.1. The molecule has 0 aliphatic carbocycles. The molecule has 0 unspecified atom stereocenters. The van der Waals surface area contributed by atoms with E-state index in [1.807, 2.05) is 45.0 Å². The van der Waals surface area contributed by atoms with Gasteiger partial charge in [0.25, 0.3) is 0 Å². The number of nitrogens with zero attached hydrogens (tertiary/aromatic N) is 4. The lowest BCUT2D eigenvalue weighted by Crippen LogP contribution is -2.50. The highest BCUT2D eigenvalue weighted by Crippen LogP contribution is 2.25. The molecule has 0 atom stereocenters. The van der Waals surface area contributed by atoms with E-state index in [1.165, 1.54) is 6.39 Å². The average molecular weight is 573 g/mol. The molecule has 34 heavy (non-hydrogen) atoms. The zero-order valence-corrected chi connectivity index (χ0v) is 21.7. The Kier molecular flexibility index (Phi) is 7.40. The van der Waals surface area contributed by atoms with Gasteiger partial charge in [0.1, 0.15) is 5.60 Å². The van der Waals surface area contributed by atoms with Crippen LogP contribution < -0.4 is 10.3 Å². The van der Waals surface area contributed by atoms with Crippen molar-refractivity contribution in [3.8, 4) is 11.3 Å². The number of halogens is 1. The summed E-state index contributed by atoms with van der Waals surface area (Å²) < 4.78 is 11.9. The number of aromatic nitrogens is 1. The van der Waals surface area contributed by atoms with Crippen LogP contribution >= 0.6 is 22.6 Å². The molecule has 3 aromatic rings. The van der Waals surface area contributed by atoms with Gasteiger partial charge in [-0.3, -0.25) is 5.43 Å². The molecule has 1 fully saturated rings. The minimum absolute atomic E-state index is 0.242. The van der Waals surface area contributed by atoms with Crippen molar-refractivity contribution in [3.05, 3.63) is 64.2 Å². The minimum Gasteiger partial charge on any atom is -0.444 e. The topological polar surface area (TPSA) is 83.2 Å². The Hall–Kier alpha value is -3.08. The first-order valence-corrected chi connectivity index (χ1v) is 12.2. The quantitative estimate of drug-likeness (QED) is 0.249. The number of ether oxygens (including phenoxy) is 1. The van der Waals surface area contributed by atoms with Crippen molar-refractivity contribution < 1.29 is 13.9 Å². The SMILES string of the molecule is CC(C)(C)OC(=O)N1CCN(c2ccc(C=NNc3ccc(-c4cnco4)cc3)cc2I)CC1. The van der Waals surface area contributed by atoms with Gasteiger partial charge in [0, 0.05) is 35.3 Å². The van der Waals surface area contributed by atoms with Gasteiger partial charge in [-0.15, -0.1) is 0 Å². The standard InChI is InChI=1S/C25H28IN5O3/c1-25(2,3)34-24(32)31-12-10-30(11-13-31)22-9-4-18(14-21(22)26)15-28-29-20-7-5-19(6-8-20)23-16-27-17-33-23/h4-9,14-17,29H,10-13H2,1-3H3. The molecule has 1 aliphatic heterocycles. The van der Waals surface area contributed by atoms with Gasteiger partial charge in [-0.2, -0.15) is 5.10 Å². The molecule has 0 bridgehead atoms. The lowest BCUT2D eigenvalue weighted by atomic mass is 10.2.